The van der Waals surface area contributed by atoms with E-state index >= 15 is 0 Å². The van der Waals surface area contributed by atoms with Crippen molar-refractivity contribution in [2.45, 2.75) is 81.6 Å². The quantitative estimate of drug-likeness (QED) is 0.119. The molecular formula is C29H44FN3S3. The van der Waals surface area contributed by atoms with Crippen LogP contribution in [0.25, 0.3) is 0 Å². The smallest absolute Gasteiger partial charge is 0.128 e. The molecule has 0 aromatic heterocycles. The van der Waals surface area contributed by atoms with Gasteiger partial charge in [-0.15, -0.1) is 24.4 Å². The van der Waals surface area contributed by atoms with Crippen molar-refractivity contribution < 1.29 is 4.39 Å². The topological polar surface area (TPSA) is 78.1 Å². The van der Waals surface area contributed by atoms with E-state index in [0.29, 0.717) is 11.3 Å². The number of nitrogens with two attached hydrogens (primary N) is 3. The Morgan fingerprint density at radius 2 is 1.06 bits per heavy atom. The van der Waals surface area contributed by atoms with E-state index in [-0.39, 0.29) is 15.3 Å². The Kier molecular flexibility index (Phi) is 14.5. The Morgan fingerprint density at radius 3 is 1.42 bits per heavy atom. The van der Waals surface area contributed by atoms with Crippen LogP contribution in [0.3, 0.4) is 0 Å². The third-order valence-electron chi connectivity index (χ3n) is 4.40. The van der Waals surface area contributed by atoms with Gasteiger partial charge in [0.15, 0.2) is 0 Å². The first-order chi connectivity index (χ1) is 16.3. The first-order valence-electron chi connectivity index (χ1n) is 11.6. The fraction of sp³-hybridized carbons (Fsp3) is 0.379. The molecule has 3 aromatic carbocycles. The molecule has 0 unspecified atom stereocenters. The molecule has 3 aromatic rings. The van der Waals surface area contributed by atoms with Crippen LogP contribution in [0.1, 0.15) is 58.2 Å². The number of nitrogen functional groups attached to an aromatic ring is 3. The summed E-state index contributed by atoms with van der Waals surface area (Å²) in [5.74, 6) is -0.241. The van der Waals surface area contributed by atoms with E-state index in [1.54, 1.807) is 19.1 Å². The molecule has 0 aliphatic carbocycles. The fourth-order valence-corrected chi connectivity index (χ4v) is 3.63. The molecular weight excluding hydrogens is 506 g/mol. The van der Waals surface area contributed by atoms with Gasteiger partial charge in [0, 0.05) is 41.9 Å². The van der Waals surface area contributed by atoms with Crippen LogP contribution in [0.15, 0.2) is 64.4 Å². The summed E-state index contributed by atoms with van der Waals surface area (Å²) in [6, 6.07) is 16.4. The Hall–Kier alpha value is -1.96. The molecule has 0 saturated heterocycles. The molecule has 0 aliphatic rings. The van der Waals surface area contributed by atoms with Crippen LogP contribution in [0, 0.1) is 26.6 Å². The summed E-state index contributed by atoms with van der Waals surface area (Å²) in [4.78, 5) is 2.24. The van der Waals surface area contributed by atoms with Crippen LogP contribution in [-0.2, 0) is 0 Å². The van der Waals surface area contributed by atoms with Crippen molar-refractivity contribution in [1.29, 1.82) is 0 Å². The molecule has 3 rings (SSSR count). The number of anilines is 3. The van der Waals surface area contributed by atoms with Gasteiger partial charge in [-0.25, -0.2) is 4.39 Å². The van der Waals surface area contributed by atoms with E-state index in [9.17, 15) is 4.39 Å². The van der Waals surface area contributed by atoms with E-state index in [4.69, 9.17) is 17.2 Å². The van der Waals surface area contributed by atoms with Gasteiger partial charge in [0.25, 0.3) is 0 Å². The van der Waals surface area contributed by atoms with Crippen molar-refractivity contribution in [3.63, 3.8) is 0 Å². The second-order valence-corrected chi connectivity index (χ2v) is 14.0. The Balaban J connectivity index is 0.000000476. The van der Waals surface area contributed by atoms with Gasteiger partial charge < -0.3 is 17.2 Å². The van der Waals surface area contributed by atoms with Crippen molar-refractivity contribution in [3.05, 3.63) is 77.1 Å². The van der Waals surface area contributed by atoms with Gasteiger partial charge in [-0.3, -0.25) is 0 Å². The number of thioether (sulfide) groups is 1. The second-order valence-electron chi connectivity index (χ2n) is 10.3. The van der Waals surface area contributed by atoms with Gasteiger partial charge in [-0.05, 0) is 68.3 Å². The number of halogens is 1. The first-order valence-corrected chi connectivity index (χ1v) is 13.4. The molecule has 0 amide bonds. The first kappa shape index (κ1) is 34.0. The van der Waals surface area contributed by atoms with Crippen molar-refractivity contribution in [3.8, 4) is 0 Å². The molecule has 7 heteroatoms. The van der Waals surface area contributed by atoms with Crippen LogP contribution in [-0.4, -0.2) is 9.49 Å². The van der Waals surface area contributed by atoms with Gasteiger partial charge >= 0.3 is 0 Å². The molecule has 36 heavy (non-hydrogen) atoms. The number of rotatable bonds is 1. The molecule has 3 nitrogen and oxygen atoms in total. The highest BCUT2D eigenvalue weighted by atomic mass is 32.2. The highest BCUT2D eigenvalue weighted by Crippen LogP contribution is 2.35. The van der Waals surface area contributed by atoms with Crippen LogP contribution >= 0.6 is 37.0 Å². The van der Waals surface area contributed by atoms with Crippen molar-refractivity contribution in [1.82, 2.24) is 0 Å². The molecule has 0 heterocycles. The van der Waals surface area contributed by atoms with E-state index in [1.165, 1.54) is 16.5 Å². The minimum absolute atomic E-state index is 0.194. The second kappa shape index (κ2) is 15.3. The van der Waals surface area contributed by atoms with Crippen LogP contribution in [0.2, 0.25) is 0 Å². The largest absolute Gasteiger partial charge is 0.398 e. The maximum atomic E-state index is 12.5. The maximum absolute atomic E-state index is 12.5. The van der Waals surface area contributed by atoms with Crippen molar-refractivity contribution >= 4 is 54.1 Å². The normalized spacial score (nSPS) is 10.7. The molecule has 200 valence electrons. The third kappa shape index (κ3) is 15.2. The molecule has 0 aliphatic heterocycles. The molecule has 0 fully saturated rings. The van der Waals surface area contributed by atoms with E-state index in [2.05, 4.69) is 79.8 Å². The monoisotopic (exact) mass is 549 g/mol. The SMILES string of the molecule is CC(C)(C)S.Cc1c(N)cccc1F.Cc1c(N)cccc1S.Cc1c(N)cccc1SC(C)(C)C. The Labute approximate surface area is 233 Å². The zero-order chi connectivity index (χ0) is 28.3. The Morgan fingerprint density at radius 1 is 0.667 bits per heavy atom. The lowest BCUT2D eigenvalue weighted by atomic mass is 10.2. The average molecular weight is 550 g/mol. The molecule has 0 atom stereocenters. The van der Waals surface area contributed by atoms with E-state index in [1.807, 2.05) is 49.0 Å². The summed E-state index contributed by atoms with van der Waals surface area (Å²) in [5.41, 5.74) is 21.8. The summed E-state index contributed by atoms with van der Waals surface area (Å²) in [6.07, 6.45) is 0. The molecule has 0 radical (unpaired) electrons. The minimum atomic E-state index is -0.241. The Bertz CT molecular complexity index is 992. The summed E-state index contributed by atoms with van der Waals surface area (Å²) < 4.78 is 12.9. The van der Waals surface area contributed by atoms with Gasteiger partial charge in [-0.1, -0.05) is 59.7 Å². The number of hydrogen-bond acceptors (Lipinski definition) is 6. The van der Waals surface area contributed by atoms with E-state index in [0.717, 1.165) is 21.8 Å². The van der Waals surface area contributed by atoms with Gasteiger partial charge in [0.2, 0.25) is 0 Å². The zero-order valence-corrected chi connectivity index (χ0v) is 25.7. The molecule has 6 N–H and O–H groups in total. The number of benzene rings is 3. The fourth-order valence-electron chi connectivity index (χ4n) is 2.34. The van der Waals surface area contributed by atoms with Crippen LogP contribution < -0.4 is 17.2 Å². The summed E-state index contributed by atoms with van der Waals surface area (Å²) in [6.45, 7) is 18.5. The number of thiol groups is 2. The number of hydrogen-bond donors (Lipinski definition) is 5. The third-order valence-corrected chi connectivity index (χ3v) is 6.16. The predicted octanol–water partition coefficient (Wildman–Crippen LogP) is 8.76. The van der Waals surface area contributed by atoms with Crippen LogP contribution in [0.5, 0.6) is 0 Å². The predicted molar refractivity (Wildman–Crippen MR) is 168 cm³/mol. The highest BCUT2D eigenvalue weighted by molar-refractivity contribution is 8.00. The van der Waals surface area contributed by atoms with Gasteiger partial charge in [-0.2, -0.15) is 12.6 Å². The summed E-state index contributed by atoms with van der Waals surface area (Å²) in [7, 11) is 0. The van der Waals surface area contributed by atoms with Crippen LogP contribution in [0.4, 0.5) is 21.5 Å². The summed E-state index contributed by atoms with van der Waals surface area (Å²) >= 11 is 10.2. The lowest BCUT2D eigenvalue weighted by Crippen LogP contribution is -2.07. The standard InChI is InChI=1S/C11H17NS.C7H8FN.C7H9NS.C4H10S/c1-8-9(12)6-5-7-10(8)13-11(2,3)4;2*1-5-6(8)3-2-4-7(5)9;1-4(2,3)5/h5-7H,12H2,1-4H3;2-4H,9H2,1H3;2-4,9H,8H2,1H3;5H,1-3H3. The molecule has 0 saturated carbocycles. The van der Waals surface area contributed by atoms with Crippen molar-refractivity contribution in [2.75, 3.05) is 17.2 Å². The molecule has 0 bridgehead atoms. The zero-order valence-electron chi connectivity index (χ0n) is 23.1. The van der Waals surface area contributed by atoms with E-state index < -0.39 is 0 Å². The molecule has 0 spiro atoms. The van der Waals surface area contributed by atoms with Gasteiger partial charge in [0.05, 0.1) is 0 Å². The van der Waals surface area contributed by atoms with Crippen molar-refractivity contribution in [2.24, 2.45) is 0 Å². The lowest BCUT2D eigenvalue weighted by molar-refractivity contribution is 0.619. The lowest BCUT2D eigenvalue weighted by Gasteiger charge is -2.19. The maximum Gasteiger partial charge on any atom is 0.128 e. The average Bonchev–Trinajstić information content (AvgIpc) is 2.72. The van der Waals surface area contributed by atoms with Gasteiger partial charge in [0.1, 0.15) is 5.82 Å². The highest BCUT2D eigenvalue weighted by Gasteiger charge is 2.13. The minimum Gasteiger partial charge on any atom is -0.398 e. The summed E-state index contributed by atoms with van der Waals surface area (Å²) in [5, 5.41) is 0.